The van der Waals surface area contributed by atoms with Gasteiger partial charge in [0.15, 0.2) is 5.58 Å². The molecule has 1 atom stereocenters. The van der Waals surface area contributed by atoms with Gasteiger partial charge in [-0.25, -0.2) is 14.5 Å². The fourth-order valence-electron chi connectivity index (χ4n) is 5.73. The Morgan fingerprint density at radius 2 is 1.90 bits per heavy atom. The minimum absolute atomic E-state index is 0.0659. The molecule has 0 aliphatic rings. The van der Waals surface area contributed by atoms with Gasteiger partial charge in [-0.2, -0.15) is 0 Å². The summed E-state index contributed by atoms with van der Waals surface area (Å²) in [6, 6.07) is 10.3. The molecule has 0 saturated carbocycles. The van der Waals surface area contributed by atoms with Crippen molar-refractivity contribution in [2.45, 2.75) is 5.92 Å². The molecule has 2 aromatic carbocycles. The average Bonchev–Trinajstić information content (AvgIpc) is 3.65. The first kappa shape index (κ1) is 24.7. The predicted octanol–water partition coefficient (Wildman–Crippen LogP) is 4.59. The van der Waals surface area contributed by atoms with Crippen molar-refractivity contribution in [2.24, 2.45) is 7.05 Å². The number of likely N-dealkylation sites (N-methyl/N-ethyl adjacent to an activating group) is 1. The summed E-state index contributed by atoms with van der Waals surface area (Å²) < 4.78 is 10.1. The molecule has 7 rings (SSSR count). The second kappa shape index (κ2) is 8.87. The molecule has 0 aliphatic carbocycles. The number of hydrogen-bond acceptors (Lipinski definition) is 5. The lowest BCUT2D eigenvalue weighted by Crippen LogP contribution is -2.38. The first-order valence-corrected chi connectivity index (χ1v) is 13.8. The number of fused-ring (bicyclic) bond motifs is 3. The van der Waals surface area contributed by atoms with Crippen LogP contribution in [0.25, 0.3) is 49.6 Å². The topological polar surface area (TPSA) is 108 Å². The third-order valence-electron chi connectivity index (χ3n) is 7.38. The van der Waals surface area contributed by atoms with Crippen molar-refractivity contribution in [3.8, 4) is 0 Å². The SMILES string of the molecule is C[n+]1c[nH]c(C(O)=c2nc3c(o2)c([C@H](C[N+](C)(C)C)c2c[nH]c4cc(Br)ccc24)c2ccnc4ccnc3c42)c1. The molecular weight excluding hydrogens is 570 g/mol. The Labute approximate surface area is 237 Å². The van der Waals surface area contributed by atoms with E-state index in [1.807, 2.05) is 29.9 Å². The minimum atomic E-state index is -0.0705. The van der Waals surface area contributed by atoms with E-state index in [-0.39, 0.29) is 17.2 Å². The number of halogens is 1. The number of aromatic amines is 2. The van der Waals surface area contributed by atoms with Gasteiger partial charge in [-0.15, -0.1) is 0 Å². The van der Waals surface area contributed by atoms with Gasteiger partial charge in [-0.1, -0.05) is 22.0 Å². The smallest absolute Gasteiger partial charge is 0.267 e. The molecule has 7 aromatic rings. The van der Waals surface area contributed by atoms with Crippen LogP contribution in [-0.2, 0) is 7.05 Å². The van der Waals surface area contributed by atoms with Crippen LogP contribution in [0.3, 0.4) is 0 Å². The zero-order valence-corrected chi connectivity index (χ0v) is 24.1. The minimum Gasteiger partial charge on any atom is -0.500 e. The highest BCUT2D eigenvalue weighted by atomic mass is 79.9. The van der Waals surface area contributed by atoms with Crippen molar-refractivity contribution >= 4 is 65.5 Å². The van der Waals surface area contributed by atoms with Gasteiger partial charge >= 0.3 is 0 Å². The molecule has 40 heavy (non-hydrogen) atoms. The predicted molar refractivity (Wildman–Crippen MR) is 158 cm³/mol. The lowest BCUT2D eigenvalue weighted by atomic mass is 9.85. The summed E-state index contributed by atoms with van der Waals surface area (Å²) >= 11 is 3.60. The molecule has 0 unspecified atom stereocenters. The number of oxazole rings is 1. The van der Waals surface area contributed by atoms with E-state index < -0.39 is 0 Å². The normalized spacial score (nSPS) is 14.1. The number of quaternary nitrogens is 1. The number of nitrogens with zero attached hydrogens (tertiary/aromatic N) is 5. The monoisotopic (exact) mass is 597 g/mol. The van der Waals surface area contributed by atoms with Crippen molar-refractivity contribution in [3.05, 3.63) is 88.3 Å². The Balaban J connectivity index is 1.63. The molecule has 5 aromatic heterocycles. The molecule has 0 spiro atoms. The molecule has 0 radical (unpaired) electrons. The van der Waals surface area contributed by atoms with Gasteiger partial charge in [0, 0.05) is 44.9 Å². The quantitative estimate of drug-likeness (QED) is 0.199. The third kappa shape index (κ3) is 3.94. The molecule has 0 fully saturated rings. The largest absolute Gasteiger partial charge is 0.500 e. The van der Waals surface area contributed by atoms with E-state index in [9.17, 15) is 5.11 Å². The van der Waals surface area contributed by atoms with Gasteiger partial charge < -0.3 is 19.0 Å². The highest BCUT2D eigenvalue weighted by Crippen LogP contribution is 2.42. The second-order valence-electron chi connectivity index (χ2n) is 11.3. The van der Waals surface area contributed by atoms with Crippen LogP contribution < -0.4 is 10.1 Å². The number of rotatable bonds is 5. The number of aromatic nitrogens is 6. The van der Waals surface area contributed by atoms with Crippen molar-refractivity contribution in [2.75, 3.05) is 27.7 Å². The maximum Gasteiger partial charge on any atom is 0.267 e. The molecular formula is C30H28BrN7O2+2. The molecule has 3 N–H and O–H groups in total. The summed E-state index contributed by atoms with van der Waals surface area (Å²) in [5.41, 5.74) is 6.62. The van der Waals surface area contributed by atoms with Crippen LogP contribution >= 0.6 is 15.9 Å². The average molecular weight is 599 g/mol. The summed E-state index contributed by atoms with van der Waals surface area (Å²) in [7, 11) is 8.45. The summed E-state index contributed by atoms with van der Waals surface area (Å²) in [6.45, 7) is 0.787. The van der Waals surface area contributed by atoms with Crippen LogP contribution in [0.2, 0.25) is 0 Å². The number of H-pyrrole nitrogens is 2. The summed E-state index contributed by atoms with van der Waals surface area (Å²) in [5.74, 6) is -0.136. The number of aryl methyl sites for hydroxylation is 1. The number of hydrogen-bond donors (Lipinski definition) is 3. The van der Waals surface area contributed by atoms with E-state index in [2.05, 4.69) is 76.4 Å². The Hall–Kier alpha value is -4.28. The molecule has 0 amide bonds. The van der Waals surface area contributed by atoms with Crippen molar-refractivity contribution in [1.29, 1.82) is 0 Å². The van der Waals surface area contributed by atoms with Gasteiger partial charge in [-0.3, -0.25) is 9.97 Å². The molecule has 200 valence electrons. The number of imidazole rings is 1. The molecule has 0 bridgehead atoms. The Kier molecular flexibility index (Phi) is 5.48. The zero-order chi connectivity index (χ0) is 27.8. The fourth-order valence-corrected chi connectivity index (χ4v) is 6.09. The van der Waals surface area contributed by atoms with Crippen LogP contribution in [0.5, 0.6) is 0 Å². The van der Waals surface area contributed by atoms with Crippen LogP contribution in [0.1, 0.15) is 22.7 Å². The second-order valence-corrected chi connectivity index (χ2v) is 12.2. The summed E-state index contributed by atoms with van der Waals surface area (Å²) in [4.78, 5) is 20.8. The van der Waals surface area contributed by atoms with E-state index in [0.717, 1.165) is 53.8 Å². The Bertz CT molecular complexity index is 2130. The highest BCUT2D eigenvalue weighted by Gasteiger charge is 2.32. The number of pyridine rings is 2. The van der Waals surface area contributed by atoms with Crippen LogP contribution in [0.4, 0.5) is 0 Å². The molecule has 9 nitrogen and oxygen atoms in total. The van der Waals surface area contributed by atoms with E-state index in [1.54, 1.807) is 18.7 Å². The maximum atomic E-state index is 11.2. The van der Waals surface area contributed by atoms with Gasteiger partial charge in [0.25, 0.3) is 5.55 Å². The van der Waals surface area contributed by atoms with Crippen molar-refractivity contribution in [3.63, 3.8) is 0 Å². The van der Waals surface area contributed by atoms with E-state index in [0.29, 0.717) is 22.3 Å². The Morgan fingerprint density at radius 3 is 2.67 bits per heavy atom. The summed E-state index contributed by atoms with van der Waals surface area (Å²) in [6.07, 6.45) is 9.21. The number of benzene rings is 2. The number of aliphatic hydroxyl groups excluding tert-OH is 1. The van der Waals surface area contributed by atoms with Crippen molar-refractivity contribution in [1.82, 2.24) is 24.9 Å². The number of aliphatic hydroxyl groups is 1. The molecule has 5 heterocycles. The number of nitrogens with one attached hydrogen (secondary N) is 2. The lowest BCUT2D eigenvalue weighted by Gasteiger charge is -2.30. The third-order valence-corrected chi connectivity index (χ3v) is 7.88. The Morgan fingerprint density at radius 1 is 1.07 bits per heavy atom. The van der Waals surface area contributed by atoms with Crippen LogP contribution in [0.15, 0.2) is 70.3 Å². The molecule has 0 saturated heterocycles. The maximum absolute atomic E-state index is 11.2. The van der Waals surface area contributed by atoms with Gasteiger partial charge in [0.2, 0.25) is 17.8 Å². The van der Waals surface area contributed by atoms with Crippen LogP contribution in [0, 0.1) is 0 Å². The fraction of sp³-hybridized carbons (Fsp3) is 0.200. The first-order valence-electron chi connectivity index (χ1n) is 13.0. The van der Waals surface area contributed by atoms with Crippen LogP contribution in [-0.4, -0.2) is 62.2 Å². The highest BCUT2D eigenvalue weighted by molar-refractivity contribution is 9.10. The standard InChI is InChI=1S/C30H26BrN7O2/c1-37-13-23(35-15-37)28(39)30-36-27-26-25-18(7-9-32-21(25)8-10-33-26)24(29(27)40-30)20(14-38(2,3)4)19-12-34-22-11-16(31)5-6-17(19)22/h5-13,15,20,34H,14H2,1-4H3/p+2/t20-/m1/s1. The van der Waals surface area contributed by atoms with Gasteiger partial charge in [0.05, 0.1) is 46.2 Å². The zero-order valence-electron chi connectivity index (χ0n) is 22.5. The van der Waals surface area contributed by atoms with Gasteiger partial charge in [-0.05, 0) is 35.2 Å². The van der Waals surface area contributed by atoms with E-state index in [4.69, 9.17) is 14.4 Å². The van der Waals surface area contributed by atoms with Gasteiger partial charge in [0.1, 0.15) is 17.2 Å². The molecule has 10 heteroatoms. The van der Waals surface area contributed by atoms with E-state index in [1.165, 1.54) is 0 Å². The van der Waals surface area contributed by atoms with Crippen molar-refractivity contribution < 1.29 is 18.6 Å². The first-order chi connectivity index (χ1) is 19.2. The lowest BCUT2D eigenvalue weighted by molar-refractivity contribution is -0.871. The summed E-state index contributed by atoms with van der Waals surface area (Å²) in [5, 5.41) is 14.3. The van der Waals surface area contributed by atoms with E-state index >= 15 is 0 Å². The molecule has 0 aliphatic heterocycles.